The third-order valence-corrected chi connectivity index (χ3v) is 3.73. The molecule has 0 fully saturated rings. The van der Waals surface area contributed by atoms with Crippen molar-refractivity contribution in [3.63, 3.8) is 0 Å². The summed E-state index contributed by atoms with van der Waals surface area (Å²) in [6, 6.07) is 0. The van der Waals surface area contributed by atoms with Crippen molar-refractivity contribution >= 4 is 19.3 Å². The minimum Gasteiger partial charge on any atom is -0.481 e. The normalized spacial score (nSPS) is 13.7. The van der Waals surface area contributed by atoms with E-state index >= 15 is 0 Å². The van der Waals surface area contributed by atoms with Gasteiger partial charge < -0.3 is 14.4 Å². The lowest BCUT2D eigenvalue weighted by Crippen LogP contribution is -2.08. The van der Waals surface area contributed by atoms with Gasteiger partial charge in [0.25, 0.3) is 0 Å². The molecule has 0 aromatic heterocycles. The Kier molecular flexibility index (Phi) is 7.55. The standard InChI is InChI=1S/C11H19O6P/c1-9(2)11(14)16-6-4-7-17-18(3,15)8-5-10(12)13/h1,4-8H2,2-3H3,(H,12,13). The number of carboxylic acids is 1. The van der Waals surface area contributed by atoms with E-state index in [-0.39, 0.29) is 25.8 Å². The minimum absolute atomic E-state index is 0.00782. The fourth-order valence-corrected chi connectivity index (χ4v) is 2.21. The molecule has 0 aromatic rings. The molecule has 0 amide bonds. The quantitative estimate of drug-likeness (QED) is 0.300. The van der Waals surface area contributed by atoms with Gasteiger partial charge in [0.15, 0.2) is 0 Å². The fourth-order valence-electron chi connectivity index (χ4n) is 0.968. The van der Waals surface area contributed by atoms with Crippen LogP contribution in [-0.4, -0.2) is 43.1 Å². The molecule has 0 aliphatic carbocycles. The number of hydrogen-bond donors (Lipinski definition) is 1. The van der Waals surface area contributed by atoms with Crippen molar-refractivity contribution < 1.29 is 28.5 Å². The molecule has 0 aliphatic rings. The van der Waals surface area contributed by atoms with Gasteiger partial charge in [-0.3, -0.25) is 9.36 Å². The smallest absolute Gasteiger partial charge is 0.333 e. The van der Waals surface area contributed by atoms with Gasteiger partial charge in [-0.15, -0.1) is 0 Å². The highest BCUT2D eigenvalue weighted by atomic mass is 31.2. The van der Waals surface area contributed by atoms with Crippen LogP contribution in [-0.2, 0) is 23.4 Å². The second-order valence-electron chi connectivity index (χ2n) is 3.98. The first kappa shape index (κ1) is 16.9. The average molecular weight is 278 g/mol. The highest BCUT2D eigenvalue weighted by Gasteiger charge is 2.17. The van der Waals surface area contributed by atoms with Crippen molar-refractivity contribution in [1.82, 2.24) is 0 Å². The van der Waals surface area contributed by atoms with E-state index in [1.807, 2.05) is 0 Å². The monoisotopic (exact) mass is 278 g/mol. The van der Waals surface area contributed by atoms with Crippen LogP contribution in [0.1, 0.15) is 19.8 Å². The Morgan fingerprint density at radius 3 is 2.44 bits per heavy atom. The molecular weight excluding hydrogens is 259 g/mol. The number of ether oxygens (including phenoxy) is 1. The van der Waals surface area contributed by atoms with Crippen LogP contribution in [0.25, 0.3) is 0 Å². The van der Waals surface area contributed by atoms with Crippen molar-refractivity contribution in [2.45, 2.75) is 19.8 Å². The van der Waals surface area contributed by atoms with E-state index in [2.05, 4.69) is 6.58 Å². The van der Waals surface area contributed by atoms with Gasteiger partial charge in [-0.1, -0.05) is 6.58 Å². The molecule has 6 nitrogen and oxygen atoms in total. The van der Waals surface area contributed by atoms with Crippen LogP contribution in [0, 0.1) is 0 Å². The molecule has 0 aliphatic heterocycles. The zero-order chi connectivity index (χ0) is 14.2. The summed E-state index contributed by atoms with van der Waals surface area (Å²) in [5, 5.41) is 8.46. The van der Waals surface area contributed by atoms with Gasteiger partial charge >= 0.3 is 11.9 Å². The third kappa shape index (κ3) is 8.96. The van der Waals surface area contributed by atoms with Gasteiger partial charge in [-0.05, 0) is 6.92 Å². The predicted octanol–water partition coefficient (Wildman–Crippen LogP) is 1.90. The molecule has 0 radical (unpaired) electrons. The first-order valence-electron chi connectivity index (χ1n) is 5.50. The van der Waals surface area contributed by atoms with Crippen LogP contribution in [0.2, 0.25) is 0 Å². The molecule has 7 heteroatoms. The van der Waals surface area contributed by atoms with Gasteiger partial charge in [0.2, 0.25) is 7.37 Å². The Labute approximate surface area is 106 Å². The van der Waals surface area contributed by atoms with Crippen LogP contribution < -0.4 is 0 Å². The van der Waals surface area contributed by atoms with E-state index in [9.17, 15) is 14.2 Å². The topological polar surface area (TPSA) is 89.9 Å². The van der Waals surface area contributed by atoms with Crippen LogP contribution in [0.5, 0.6) is 0 Å². The lowest BCUT2D eigenvalue weighted by atomic mass is 10.4. The summed E-state index contributed by atoms with van der Waals surface area (Å²) >= 11 is 0. The first-order chi connectivity index (χ1) is 8.24. The van der Waals surface area contributed by atoms with E-state index in [0.717, 1.165) is 0 Å². The second-order valence-corrected chi connectivity index (χ2v) is 6.72. The third-order valence-electron chi connectivity index (χ3n) is 1.97. The van der Waals surface area contributed by atoms with E-state index in [4.69, 9.17) is 14.4 Å². The highest BCUT2D eigenvalue weighted by molar-refractivity contribution is 7.58. The number of rotatable bonds is 9. The number of aliphatic carboxylic acids is 1. The van der Waals surface area contributed by atoms with Gasteiger partial charge in [0, 0.05) is 24.8 Å². The Bertz CT molecular complexity index is 363. The van der Waals surface area contributed by atoms with Gasteiger partial charge in [0.05, 0.1) is 19.6 Å². The molecule has 0 saturated carbocycles. The van der Waals surface area contributed by atoms with Crippen LogP contribution in [0.15, 0.2) is 12.2 Å². The predicted molar refractivity (Wildman–Crippen MR) is 67.0 cm³/mol. The molecule has 0 spiro atoms. The Balaban J connectivity index is 3.71. The lowest BCUT2D eigenvalue weighted by molar-refractivity contribution is -0.139. The molecule has 0 heterocycles. The maximum absolute atomic E-state index is 11.7. The Hall–Kier alpha value is -1.13. The Morgan fingerprint density at radius 1 is 1.33 bits per heavy atom. The largest absolute Gasteiger partial charge is 0.481 e. The molecule has 1 atom stereocenters. The summed E-state index contributed by atoms with van der Waals surface area (Å²) in [7, 11) is -2.87. The van der Waals surface area contributed by atoms with Gasteiger partial charge in [-0.2, -0.15) is 0 Å². The lowest BCUT2D eigenvalue weighted by Gasteiger charge is -2.12. The molecule has 0 bridgehead atoms. The molecule has 0 rings (SSSR count). The second kappa shape index (κ2) is 8.06. The number of carbonyl (C=O) groups excluding carboxylic acids is 1. The average Bonchev–Trinajstić information content (AvgIpc) is 2.25. The molecule has 18 heavy (non-hydrogen) atoms. The van der Waals surface area contributed by atoms with Gasteiger partial charge in [-0.25, -0.2) is 4.79 Å². The molecule has 1 unspecified atom stereocenters. The van der Waals surface area contributed by atoms with Crippen LogP contribution >= 0.6 is 7.37 Å². The molecule has 0 aromatic carbocycles. The van der Waals surface area contributed by atoms with Crippen LogP contribution in [0.3, 0.4) is 0 Å². The maximum atomic E-state index is 11.7. The van der Waals surface area contributed by atoms with Crippen molar-refractivity contribution in [3.05, 3.63) is 12.2 Å². The van der Waals surface area contributed by atoms with Crippen LogP contribution in [0.4, 0.5) is 0 Å². The zero-order valence-electron chi connectivity index (χ0n) is 10.7. The molecule has 0 saturated heterocycles. The van der Waals surface area contributed by atoms with E-state index in [1.165, 1.54) is 6.66 Å². The SMILES string of the molecule is C=C(C)C(=O)OCCCOP(C)(=O)CCC(=O)O. The molecular formula is C11H19O6P. The van der Waals surface area contributed by atoms with Crippen molar-refractivity contribution in [2.75, 3.05) is 26.0 Å². The van der Waals surface area contributed by atoms with E-state index in [1.54, 1.807) is 6.92 Å². The number of esters is 1. The van der Waals surface area contributed by atoms with E-state index < -0.39 is 19.3 Å². The molecule has 104 valence electrons. The maximum Gasteiger partial charge on any atom is 0.333 e. The number of hydrogen-bond acceptors (Lipinski definition) is 5. The van der Waals surface area contributed by atoms with E-state index in [0.29, 0.717) is 12.0 Å². The van der Waals surface area contributed by atoms with Crippen molar-refractivity contribution in [2.24, 2.45) is 0 Å². The minimum atomic E-state index is -2.87. The summed E-state index contributed by atoms with van der Waals surface area (Å²) in [6.07, 6.45) is 0.232. The summed E-state index contributed by atoms with van der Waals surface area (Å²) in [5.41, 5.74) is 0.318. The molecule has 1 N–H and O–H groups in total. The van der Waals surface area contributed by atoms with Crippen molar-refractivity contribution in [1.29, 1.82) is 0 Å². The number of carboxylic acid groups (broad SMARTS) is 1. The summed E-state index contributed by atoms with van der Waals surface area (Å²) in [6.45, 7) is 6.69. The summed E-state index contributed by atoms with van der Waals surface area (Å²) < 4.78 is 21.6. The zero-order valence-corrected chi connectivity index (χ0v) is 11.6. The van der Waals surface area contributed by atoms with Gasteiger partial charge in [0.1, 0.15) is 0 Å². The summed E-state index contributed by atoms with van der Waals surface area (Å²) in [5.74, 6) is -1.48. The summed E-state index contributed by atoms with van der Waals surface area (Å²) in [4.78, 5) is 21.3. The van der Waals surface area contributed by atoms with Crippen molar-refractivity contribution in [3.8, 4) is 0 Å². The Morgan fingerprint density at radius 2 is 1.94 bits per heavy atom. The fraction of sp³-hybridized carbons (Fsp3) is 0.636. The first-order valence-corrected chi connectivity index (χ1v) is 7.76. The number of carbonyl (C=O) groups is 2. The highest BCUT2D eigenvalue weighted by Crippen LogP contribution is 2.42.